The first-order valence-electron chi connectivity index (χ1n) is 5.94. The molecule has 2 heteroatoms. The van der Waals surface area contributed by atoms with Crippen LogP contribution in [0.3, 0.4) is 0 Å². The minimum atomic E-state index is -0.158. The molecule has 0 amide bonds. The molecule has 0 aliphatic heterocycles. The maximum absolute atomic E-state index is 11.8. The highest BCUT2D eigenvalue weighted by atomic mass is 16.5. The molecule has 2 nitrogen and oxygen atoms in total. The molecule has 1 atom stereocenters. The molecule has 0 saturated heterocycles. The number of rotatable bonds is 5. The van der Waals surface area contributed by atoms with Gasteiger partial charge in [-0.1, -0.05) is 44.2 Å². The molecule has 16 heavy (non-hydrogen) atoms. The zero-order valence-corrected chi connectivity index (χ0v) is 10.3. The van der Waals surface area contributed by atoms with E-state index in [1.165, 1.54) is 0 Å². The minimum absolute atomic E-state index is 0.0335. The highest BCUT2D eigenvalue weighted by Gasteiger charge is 2.18. The average Bonchev–Trinajstić information content (AvgIpc) is 2.31. The van der Waals surface area contributed by atoms with E-state index in [0.717, 1.165) is 18.4 Å². The average molecular weight is 220 g/mol. The summed E-state index contributed by atoms with van der Waals surface area (Å²) in [4.78, 5) is 11.8. The Labute approximate surface area is 97.6 Å². The van der Waals surface area contributed by atoms with Crippen molar-refractivity contribution in [3.8, 4) is 0 Å². The second kappa shape index (κ2) is 6.31. The maximum atomic E-state index is 11.8. The van der Waals surface area contributed by atoms with Crippen LogP contribution in [0.5, 0.6) is 0 Å². The van der Waals surface area contributed by atoms with Crippen molar-refractivity contribution < 1.29 is 9.53 Å². The maximum Gasteiger partial charge on any atom is 0.309 e. The van der Waals surface area contributed by atoms with Crippen LogP contribution in [0.2, 0.25) is 0 Å². The Morgan fingerprint density at radius 2 is 1.75 bits per heavy atom. The van der Waals surface area contributed by atoms with Gasteiger partial charge in [0.15, 0.2) is 0 Å². The van der Waals surface area contributed by atoms with Gasteiger partial charge in [-0.05, 0) is 25.3 Å². The Balaban J connectivity index is 2.58. The van der Waals surface area contributed by atoms with Gasteiger partial charge in [0.2, 0.25) is 0 Å². The largest absolute Gasteiger partial charge is 0.458 e. The second-order valence-electron chi connectivity index (χ2n) is 4.00. The molecule has 0 aromatic heterocycles. The number of carbonyl (C=O) groups excluding carboxylic acids is 1. The van der Waals surface area contributed by atoms with E-state index in [1.54, 1.807) is 0 Å². The number of esters is 1. The third-order valence-corrected chi connectivity index (χ3v) is 2.88. The molecule has 0 spiro atoms. The summed E-state index contributed by atoms with van der Waals surface area (Å²) in [6.07, 6.45) is 1.53. The van der Waals surface area contributed by atoms with Crippen LogP contribution >= 0.6 is 0 Å². The highest BCUT2D eigenvalue weighted by Crippen LogP contribution is 2.19. The van der Waals surface area contributed by atoms with E-state index in [1.807, 2.05) is 51.1 Å². The van der Waals surface area contributed by atoms with Crippen molar-refractivity contribution >= 4 is 5.97 Å². The number of carbonyl (C=O) groups is 1. The summed E-state index contributed by atoms with van der Waals surface area (Å²) >= 11 is 0. The number of hydrogen-bond acceptors (Lipinski definition) is 2. The van der Waals surface area contributed by atoms with Crippen LogP contribution in [-0.4, -0.2) is 5.97 Å². The van der Waals surface area contributed by atoms with E-state index in [2.05, 4.69) is 0 Å². The third kappa shape index (κ3) is 3.37. The van der Waals surface area contributed by atoms with Crippen LogP contribution in [0.15, 0.2) is 30.3 Å². The molecule has 1 rings (SSSR count). The normalized spacial score (nSPS) is 12.5. The van der Waals surface area contributed by atoms with Gasteiger partial charge >= 0.3 is 5.97 Å². The lowest BCUT2D eigenvalue weighted by molar-refractivity contribution is -0.153. The van der Waals surface area contributed by atoms with Crippen molar-refractivity contribution in [2.24, 2.45) is 5.92 Å². The smallest absolute Gasteiger partial charge is 0.309 e. The zero-order valence-electron chi connectivity index (χ0n) is 10.3. The molecule has 0 fully saturated rings. The number of benzene rings is 1. The van der Waals surface area contributed by atoms with E-state index in [-0.39, 0.29) is 18.0 Å². The van der Waals surface area contributed by atoms with Crippen LogP contribution in [-0.2, 0) is 9.53 Å². The number of hydrogen-bond donors (Lipinski definition) is 0. The van der Waals surface area contributed by atoms with Crippen molar-refractivity contribution in [1.82, 2.24) is 0 Å². The molecule has 0 aliphatic carbocycles. The topological polar surface area (TPSA) is 26.3 Å². The molecule has 0 radical (unpaired) electrons. The molecule has 0 bridgehead atoms. The molecule has 1 unspecified atom stereocenters. The molecule has 0 saturated carbocycles. The fraction of sp³-hybridized carbons (Fsp3) is 0.500. The fourth-order valence-corrected chi connectivity index (χ4v) is 1.68. The van der Waals surface area contributed by atoms with Crippen LogP contribution in [0, 0.1) is 5.92 Å². The summed E-state index contributed by atoms with van der Waals surface area (Å²) in [7, 11) is 0. The van der Waals surface area contributed by atoms with Crippen LogP contribution < -0.4 is 0 Å². The van der Waals surface area contributed by atoms with Gasteiger partial charge in [-0.15, -0.1) is 0 Å². The first kappa shape index (κ1) is 12.8. The summed E-state index contributed by atoms with van der Waals surface area (Å²) < 4.78 is 5.44. The Hall–Kier alpha value is -1.31. The standard InChI is InChI=1S/C14H20O2/c1-4-12(5-2)14(15)16-11(3)13-9-7-6-8-10-13/h6-12H,4-5H2,1-3H3. The fourth-order valence-electron chi connectivity index (χ4n) is 1.68. The summed E-state index contributed by atoms with van der Waals surface area (Å²) in [6.45, 7) is 5.95. The lowest BCUT2D eigenvalue weighted by atomic mass is 10.0. The zero-order chi connectivity index (χ0) is 12.0. The minimum Gasteiger partial charge on any atom is -0.458 e. The van der Waals surface area contributed by atoms with Gasteiger partial charge in [0.1, 0.15) is 6.10 Å². The van der Waals surface area contributed by atoms with Gasteiger partial charge in [0, 0.05) is 0 Å². The first-order chi connectivity index (χ1) is 7.69. The predicted molar refractivity (Wildman–Crippen MR) is 65.0 cm³/mol. The van der Waals surface area contributed by atoms with Crippen molar-refractivity contribution in [1.29, 1.82) is 0 Å². The summed E-state index contributed by atoms with van der Waals surface area (Å²) in [5.41, 5.74) is 1.04. The Kier molecular flexibility index (Phi) is 5.03. The van der Waals surface area contributed by atoms with E-state index in [9.17, 15) is 4.79 Å². The van der Waals surface area contributed by atoms with Crippen molar-refractivity contribution in [3.63, 3.8) is 0 Å². The van der Waals surface area contributed by atoms with E-state index in [0.29, 0.717) is 0 Å². The molecule has 1 aromatic rings. The quantitative estimate of drug-likeness (QED) is 0.707. The van der Waals surface area contributed by atoms with Crippen LogP contribution in [0.4, 0.5) is 0 Å². The lowest BCUT2D eigenvalue weighted by Gasteiger charge is -2.17. The Morgan fingerprint density at radius 1 is 1.19 bits per heavy atom. The molecular weight excluding hydrogens is 200 g/mol. The highest BCUT2D eigenvalue weighted by molar-refractivity contribution is 5.72. The molecule has 88 valence electrons. The third-order valence-electron chi connectivity index (χ3n) is 2.88. The van der Waals surface area contributed by atoms with Gasteiger partial charge in [-0.3, -0.25) is 4.79 Å². The number of ether oxygens (including phenoxy) is 1. The van der Waals surface area contributed by atoms with Gasteiger partial charge in [-0.2, -0.15) is 0 Å². The van der Waals surface area contributed by atoms with E-state index in [4.69, 9.17) is 4.74 Å². The van der Waals surface area contributed by atoms with Crippen molar-refractivity contribution in [3.05, 3.63) is 35.9 Å². The van der Waals surface area contributed by atoms with Gasteiger partial charge < -0.3 is 4.74 Å². The summed E-state index contributed by atoms with van der Waals surface area (Å²) in [5.74, 6) is -0.0486. The summed E-state index contributed by atoms with van der Waals surface area (Å²) in [5, 5.41) is 0. The SMILES string of the molecule is CCC(CC)C(=O)OC(C)c1ccccc1. The summed E-state index contributed by atoms with van der Waals surface area (Å²) in [6, 6.07) is 9.82. The first-order valence-corrected chi connectivity index (χ1v) is 5.94. The van der Waals surface area contributed by atoms with Crippen molar-refractivity contribution in [2.75, 3.05) is 0 Å². The van der Waals surface area contributed by atoms with E-state index >= 15 is 0 Å². The van der Waals surface area contributed by atoms with Gasteiger partial charge in [-0.25, -0.2) is 0 Å². The van der Waals surface area contributed by atoms with E-state index < -0.39 is 0 Å². The molecule has 1 aromatic carbocycles. The van der Waals surface area contributed by atoms with Crippen LogP contribution in [0.25, 0.3) is 0 Å². The predicted octanol–water partition coefficient (Wildman–Crippen LogP) is 3.73. The monoisotopic (exact) mass is 220 g/mol. The molecule has 0 heterocycles. The molecule has 0 aliphatic rings. The van der Waals surface area contributed by atoms with Gasteiger partial charge in [0.25, 0.3) is 0 Å². The molecular formula is C14H20O2. The lowest BCUT2D eigenvalue weighted by Crippen LogP contribution is -2.18. The Morgan fingerprint density at radius 3 is 2.25 bits per heavy atom. The van der Waals surface area contributed by atoms with Crippen molar-refractivity contribution in [2.45, 2.75) is 39.7 Å². The Bertz CT molecular complexity index is 315. The van der Waals surface area contributed by atoms with Gasteiger partial charge in [0.05, 0.1) is 5.92 Å². The molecule has 0 N–H and O–H groups in total. The second-order valence-corrected chi connectivity index (χ2v) is 4.00. The van der Waals surface area contributed by atoms with Crippen LogP contribution in [0.1, 0.15) is 45.3 Å².